The van der Waals surface area contributed by atoms with Crippen LogP contribution >= 0.6 is 0 Å². The fourth-order valence-corrected chi connectivity index (χ4v) is 5.80. The second-order valence-electron chi connectivity index (χ2n) is 10.9. The second kappa shape index (κ2) is 21.8. The average Bonchev–Trinajstić information content (AvgIpc) is 3.92. The molecule has 246 valence electrons. The number of likely N-dealkylation sites (tertiary alicyclic amines) is 2. The van der Waals surface area contributed by atoms with E-state index < -0.39 is 0 Å². The second-order valence-corrected chi connectivity index (χ2v) is 10.9. The van der Waals surface area contributed by atoms with Crippen molar-refractivity contribution in [2.45, 2.75) is 25.7 Å². The molecule has 10 heteroatoms. The minimum absolute atomic E-state index is 0. The number of carbonyl (C=O) groups is 4. The maximum Gasteiger partial charge on any atom is 0.313 e. The minimum atomic E-state index is -0.278. The van der Waals surface area contributed by atoms with Gasteiger partial charge in [-0.3, -0.25) is 19.2 Å². The van der Waals surface area contributed by atoms with Crippen LogP contribution in [0.3, 0.4) is 0 Å². The third-order valence-electron chi connectivity index (χ3n) is 8.31. The summed E-state index contributed by atoms with van der Waals surface area (Å²) in [7, 11) is 2.74. The molecule has 8 nitrogen and oxygen atoms in total. The van der Waals surface area contributed by atoms with Crippen LogP contribution in [0, 0.1) is 138 Å². The number of rotatable bonds is 5. The summed E-state index contributed by atoms with van der Waals surface area (Å²) >= 11 is 0. The van der Waals surface area contributed by atoms with Crippen LogP contribution in [0.1, 0.15) is 25.7 Å². The monoisotopic (exact) mass is 708 g/mol. The number of hydrogen-bond donors (Lipinski definition) is 0. The van der Waals surface area contributed by atoms with E-state index in [4.69, 9.17) is 0 Å². The van der Waals surface area contributed by atoms with Gasteiger partial charge in [0.15, 0.2) is 0 Å². The number of methoxy groups -OCH3 is 2. The summed E-state index contributed by atoms with van der Waals surface area (Å²) in [6, 6.07) is 0. The Hall–Kier alpha value is -1.08. The van der Waals surface area contributed by atoms with Gasteiger partial charge in [0.05, 0.1) is 37.9 Å². The molecule has 0 N–H and O–H groups in total. The Morgan fingerprint density at radius 1 is 0.478 bits per heavy atom. The predicted molar refractivity (Wildman–Crippen MR) is 164 cm³/mol. The van der Waals surface area contributed by atoms with Gasteiger partial charge in [-0.1, -0.05) is 0 Å². The zero-order chi connectivity index (χ0) is 31.3. The van der Waals surface area contributed by atoms with Gasteiger partial charge in [0.1, 0.15) is 0 Å². The predicted octanol–water partition coefficient (Wildman–Crippen LogP) is 3.40. The van der Waals surface area contributed by atoms with Crippen molar-refractivity contribution in [1.29, 1.82) is 0 Å². The summed E-state index contributed by atoms with van der Waals surface area (Å²) in [4.78, 5) is 50.2. The number of ether oxygens (including phenoxy) is 2. The zero-order valence-corrected chi connectivity index (χ0v) is 28.3. The topological polar surface area (TPSA) is 93.2 Å². The first-order chi connectivity index (χ1) is 21.4. The molecule has 6 fully saturated rings. The van der Waals surface area contributed by atoms with E-state index in [0.717, 1.165) is 63.7 Å². The van der Waals surface area contributed by atoms with E-state index in [9.17, 15) is 19.2 Å². The molecule has 6 aliphatic rings. The molecular weight excluding hydrogens is 668 g/mol. The quantitative estimate of drug-likeness (QED) is 0.322. The van der Waals surface area contributed by atoms with Gasteiger partial charge in [-0.15, -0.1) is 0 Å². The summed E-state index contributed by atoms with van der Waals surface area (Å²) in [6.07, 6.45) is 33.7. The zero-order valence-electron chi connectivity index (χ0n) is 26.1. The molecule has 0 spiro atoms. The Morgan fingerprint density at radius 2 is 0.717 bits per heavy atom. The van der Waals surface area contributed by atoms with Crippen LogP contribution in [0.5, 0.6) is 0 Å². The van der Waals surface area contributed by atoms with Crippen LogP contribution in [-0.2, 0) is 62.8 Å². The van der Waals surface area contributed by atoms with E-state index in [1.54, 1.807) is 51.4 Å². The molecule has 0 unspecified atom stereocenters. The molecule has 0 atom stereocenters. The number of esters is 2. The van der Waals surface area contributed by atoms with Gasteiger partial charge in [0.2, 0.25) is 11.8 Å². The van der Waals surface area contributed by atoms with Crippen molar-refractivity contribution in [2.75, 3.05) is 40.4 Å². The number of piperidine rings is 2. The summed E-state index contributed by atoms with van der Waals surface area (Å²) in [6.45, 7) is 3.45. The molecule has 0 aromatic heterocycles. The maximum atomic E-state index is 12.5. The van der Waals surface area contributed by atoms with Crippen molar-refractivity contribution >= 4 is 23.8 Å². The Balaban J connectivity index is 0.000000303. The van der Waals surface area contributed by atoms with Crippen LogP contribution in [0.2, 0.25) is 0 Å². The first-order valence-electron chi connectivity index (χ1n) is 15.0. The summed E-state index contributed by atoms with van der Waals surface area (Å²) in [5, 5.41) is 0. The maximum absolute atomic E-state index is 12.5. The van der Waals surface area contributed by atoms with E-state index in [0.29, 0.717) is 23.7 Å². The normalized spacial score (nSPS) is 23.3. The van der Waals surface area contributed by atoms with Crippen molar-refractivity contribution in [3.05, 3.63) is 126 Å². The Kier molecular flexibility index (Phi) is 19.5. The van der Waals surface area contributed by atoms with E-state index in [1.165, 1.54) is 14.2 Å². The fraction of sp³-hybridized carbons (Fsp3) is 0.333. The molecule has 0 aromatic carbocycles. The van der Waals surface area contributed by atoms with Gasteiger partial charge in [-0.2, -0.15) is 0 Å². The first kappa shape index (κ1) is 41.1. The summed E-state index contributed by atoms with van der Waals surface area (Å²) in [5.41, 5.74) is 0. The number of carbonyl (C=O) groups excluding carboxylic acids is 4. The average molecular weight is 708 g/mol. The SMILES string of the molecule is COC(=O)[C]1[CH][CH][CH][CH]1.COC(=O)[C]1[CH][CH][CH][CH]1.O=C([C]1[CH][CH][CH][CH]1)N1CCC(C2CCN(C(=O)[C]3[CH][CH][CH][CH]3)CC2)CC1.[Fe].[Fe]. The van der Waals surface area contributed by atoms with Gasteiger partial charge in [0, 0.05) is 60.3 Å². The van der Waals surface area contributed by atoms with Gasteiger partial charge in [-0.05, 0) is 140 Å². The molecule has 20 radical (unpaired) electrons. The van der Waals surface area contributed by atoms with Crippen LogP contribution < -0.4 is 0 Å². The largest absolute Gasteiger partial charge is 0.469 e. The Morgan fingerprint density at radius 3 is 0.957 bits per heavy atom. The van der Waals surface area contributed by atoms with Gasteiger partial charge < -0.3 is 19.3 Å². The van der Waals surface area contributed by atoms with Crippen molar-refractivity contribution in [2.24, 2.45) is 11.8 Å². The number of nitrogens with zero attached hydrogens (tertiary/aromatic N) is 2. The molecule has 2 heterocycles. The first-order valence-corrected chi connectivity index (χ1v) is 15.0. The summed E-state index contributed by atoms with van der Waals surface area (Å²) in [5.74, 6) is 4.00. The fourth-order valence-electron chi connectivity index (χ4n) is 5.80. The van der Waals surface area contributed by atoms with Crippen molar-refractivity contribution < 1.29 is 62.8 Å². The van der Waals surface area contributed by atoms with E-state index in [1.807, 2.05) is 61.2 Å². The third kappa shape index (κ3) is 12.1. The van der Waals surface area contributed by atoms with Gasteiger partial charge in [0.25, 0.3) is 0 Å². The Bertz CT molecular complexity index is 837. The van der Waals surface area contributed by atoms with Crippen molar-refractivity contribution in [1.82, 2.24) is 9.80 Å². The Labute approximate surface area is 299 Å². The molecule has 46 heavy (non-hydrogen) atoms. The van der Waals surface area contributed by atoms with Crippen molar-refractivity contribution in [3.63, 3.8) is 0 Å². The van der Waals surface area contributed by atoms with E-state index in [-0.39, 0.29) is 57.9 Å². The molecule has 2 aliphatic heterocycles. The molecule has 0 bridgehead atoms. The van der Waals surface area contributed by atoms with Crippen molar-refractivity contribution in [3.8, 4) is 0 Å². The molecule has 4 saturated carbocycles. The van der Waals surface area contributed by atoms with Gasteiger partial charge in [-0.25, -0.2) is 0 Å². The van der Waals surface area contributed by atoms with Gasteiger partial charge >= 0.3 is 11.9 Å². The molecule has 0 aromatic rings. The molecule has 2 amide bonds. The molecule has 4 aliphatic carbocycles. The standard InChI is InChI=1S/C22H26N2O2.2C7H7O2.2Fe/c25-21(19-5-1-2-6-19)23-13-9-17(10-14-23)18-11-15-24(16-12-18)22(26)20-7-3-4-8-20;2*1-9-7(8)6-4-2-3-5-6;;/h1-8,17-18H,9-16H2;2*2-5H,1H3;;. The molecule has 2 saturated heterocycles. The molecule has 6 rings (SSSR count). The minimum Gasteiger partial charge on any atom is -0.469 e. The third-order valence-corrected chi connectivity index (χ3v) is 8.31. The molecular formula is C36H40Fe2N2O6. The number of hydrogen-bond acceptors (Lipinski definition) is 6. The smallest absolute Gasteiger partial charge is 0.313 e. The van der Waals surface area contributed by atoms with Crippen LogP contribution in [0.4, 0.5) is 0 Å². The van der Waals surface area contributed by atoms with Crippen LogP contribution in [-0.4, -0.2) is 74.0 Å². The van der Waals surface area contributed by atoms with E-state index in [2.05, 4.69) is 9.47 Å². The van der Waals surface area contributed by atoms with E-state index >= 15 is 0 Å². The van der Waals surface area contributed by atoms with Crippen LogP contribution in [0.15, 0.2) is 0 Å². The van der Waals surface area contributed by atoms with Crippen LogP contribution in [0.25, 0.3) is 0 Å². The number of amides is 2. The summed E-state index contributed by atoms with van der Waals surface area (Å²) < 4.78 is 8.91.